The average molecular weight is 277 g/mol. The number of rotatable bonds is 6. The molecule has 0 bridgehead atoms. The van der Waals surface area contributed by atoms with Gasteiger partial charge < -0.3 is 15.9 Å². The van der Waals surface area contributed by atoms with Crippen LogP contribution in [0.5, 0.6) is 0 Å². The van der Waals surface area contributed by atoms with Gasteiger partial charge in [-0.05, 0) is 37.5 Å². The van der Waals surface area contributed by atoms with E-state index in [0.29, 0.717) is 31.4 Å². The van der Waals surface area contributed by atoms with Crippen LogP contribution in [0.3, 0.4) is 0 Å². The highest BCUT2D eigenvalue weighted by molar-refractivity contribution is 5.74. The van der Waals surface area contributed by atoms with Gasteiger partial charge in [0.05, 0.1) is 5.52 Å². The highest BCUT2D eigenvalue weighted by atomic mass is 16.4. The molecule has 2 rings (SSSR count). The summed E-state index contributed by atoms with van der Waals surface area (Å²) in [5.74, 6) is -0.680. The first-order valence-electron chi connectivity index (χ1n) is 6.70. The number of aryl methyl sites for hydroxylation is 1. The van der Waals surface area contributed by atoms with Crippen molar-refractivity contribution in [1.82, 2.24) is 4.57 Å². The van der Waals surface area contributed by atoms with E-state index in [1.165, 1.54) is 0 Å². The molecule has 0 radical (unpaired) electrons. The van der Waals surface area contributed by atoms with Crippen molar-refractivity contribution in [2.75, 3.05) is 0 Å². The minimum absolute atomic E-state index is 0.200. The fourth-order valence-electron chi connectivity index (χ4n) is 2.28. The molecule has 1 aromatic heterocycles. The molecule has 0 saturated carbocycles. The summed E-state index contributed by atoms with van der Waals surface area (Å²) >= 11 is 0. The molecule has 1 heterocycles. The lowest BCUT2D eigenvalue weighted by molar-refractivity contribution is -0.118. The van der Waals surface area contributed by atoms with Gasteiger partial charge in [0.1, 0.15) is 0 Å². The van der Waals surface area contributed by atoms with Crippen LogP contribution in [-0.4, -0.2) is 10.5 Å². The third-order valence-electron chi connectivity index (χ3n) is 3.37. The highest BCUT2D eigenvalue weighted by Crippen LogP contribution is 2.22. The maximum absolute atomic E-state index is 11.6. The van der Waals surface area contributed by atoms with Crippen molar-refractivity contribution in [3.63, 3.8) is 0 Å². The monoisotopic (exact) mass is 277 g/mol. The molecule has 2 aromatic rings. The van der Waals surface area contributed by atoms with Gasteiger partial charge in [-0.25, -0.2) is 4.79 Å². The van der Waals surface area contributed by atoms with Crippen LogP contribution in [0.15, 0.2) is 27.4 Å². The number of hydrogen-bond acceptors (Lipinski definition) is 4. The Bertz CT molecular complexity index is 672. The lowest BCUT2D eigenvalue weighted by Gasteiger charge is -2.11. The number of oxazole rings is 1. The average Bonchev–Trinajstić information content (AvgIpc) is 2.72. The molecule has 0 aliphatic heterocycles. The summed E-state index contributed by atoms with van der Waals surface area (Å²) in [5, 5.41) is 0. The normalized spacial score (nSPS) is 12.7. The number of fused-ring (bicyclic) bond motifs is 1. The summed E-state index contributed by atoms with van der Waals surface area (Å²) in [6.45, 7) is 2.45. The van der Waals surface area contributed by atoms with Gasteiger partial charge in [-0.2, -0.15) is 0 Å². The molecule has 6 nitrogen and oxygen atoms in total. The molecular weight excluding hydrogens is 258 g/mol. The van der Waals surface area contributed by atoms with Crippen molar-refractivity contribution in [3.05, 3.63) is 34.3 Å². The van der Waals surface area contributed by atoms with E-state index < -0.39 is 0 Å². The molecule has 6 heteroatoms. The molecule has 108 valence electrons. The van der Waals surface area contributed by atoms with E-state index in [1.54, 1.807) is 10.6 Å². The van der Waals surface area contributed by atoms with Crippen molar-refractivity contribution >= 4 is 17.0 Å². The number of aromatic nitrogens is 1. The molecule has 0 saturated heterocycles. The summed E-state index contributed by atoms with van der Waals surface area (Å²) in [6, 6.07) is 5.32. The zero-order valence-electron chi connectivity index (χ0n) is 11.5. The van der Waals surface area contributed by atoms with Gasteiger partial charge in [0, 0.05) is 19.0 Å². The van der Waals surface area contributed by atoms with Crippen LogP contribution in [0, 0.1) is 0 Å². The standard InChI is InChI=1S/C14H19N3O3/c1-2-17-11-7-6-9(8-12(11)20-14(17)19)10(15)4-3-5-13(16)18/h6-8,10H,2-5,15H2,1H3,(H2,16,18). The van der Waals surface area contributed by atoms with Gasteiger partial charge in [0.2, 0.25) is 5.91 Å². The van der Waals surface area contributed by atoms with E-state index in [4.69, 9.17) is 15.9 Å². The van der Waals surface area contributed by atoms with Gasteiger partial charge in [-0.15, -0.1) is 0 Å². The zero-order chi connectivity index (χ0) is 14.7. The van der Waals surface area contributed by atoms with Crippen molar-refractivity contribution in [2.24, 2.45) is 11.5 Å². The molecule has 1 aromatic carbocycles. The molecule has 0 spiro atoms. The first-order chi connectivity index (χ1) is 9.52. The van der Waals surface area contributed by atoms with Gasteiger partial charge in [0.25, 0.3) is 0 Å². The second-order valence-corrected chi connectivity index (χ2v) is 4.80. The number of carbonyl (C=O) groups is 1. The molecule has 1 unspecified atom stereocenters. The SMILES string of the molecule is CCn1c(=O)oc2cc(C(N)CCCC(N)=O)ccc21. The molecule has 4 N–H and O–H groups in total. The topological polar surface area (TPSA) is 104 Å². The number of amides is 1. The first-order valence-corrected chi connectivity index (χ1v) is 6.70. The van der Waals surface area contributed by atoms with Crippen molar-refractivity contribution in [2.45, 2.75) is 38.8 Å². The summed E-state index contributed by atoms with van der Waals surface area (Å²) in [6.07, 6.45) is 1.64. The second kappa shape index (κ2) is 5.92. The van der Waals surface area contributed by atoms with Crippen LogP contribution in [0.25, 0.3) is 11.1 Å². The number of nitrogens with two attached hydrogens (primary N) is 2. The third-order valence-corrected chi connectivity index (χ3v) is 3.37. The quantitative estimate of drug-likeness (QED) is 0.829. The Morgan fingerprint density at radius 3 is 2.85 bits per heavy atom. The summed E-state index contributed by atoms with van der Waals surface area (Å²) in [7, 11) is 0. The fourth-order valence-corrected chi connectivity index (χ4v) is 2.28. The smallest absolute Gasteiger partial charge is 0.408 e. The van der Waals surface area contributed by atoms with E-state index in [9.17, 15) is 9.59 Å². The Morgan fingerprint density at radius 1 is 1.45 bits per heavy atom. The minimum Gasteiger partial charge on any atom is -0.408 e. The van der Waals surface area contributed by atoms with Gasteiger partial charge in [-0.1, -0.05) is 6.07 Å². The van der Waals surface area contributed by atoms with Crippen LogP contribution < -0.4 is 17.2 Å². The Labute approximate surface area is 116 Å². The zero-order valence-corrected chi connectivity index (χ0v) is 11.5. The predicted octanol–water partition coefficient (Wildman–Crippen LogP) is 1.27. The van der Waals surface area contributed by atoms with E-state index in [2.05, 4.69) is 0 Å². The lowest BCUT2D eigenvalue weighted by Crippen LogP contribution is -2.14. The second-order valence-electron chi connectivity index (χ2n) is 4.80. The molecule has 20 heavy (non-hydrogen) atoms. The molecule has 1 atom stereocenters. The van der Waals surface area contributed by atoms with Gasteiger partial charge >= 0.3 is 5.76 Å². The Hall–Kier alpha value is -2.08. The van der Waals surface area contributed by atoms with E-state index >= 15 is 0 Å². The Kier molecular flexibility index (Phi) is 4.24. The van der Waals surface area contributed by atoms with Crippen molar-refractivity contribution in [1.29, 1.82) is 0 Å². The summed E-state index contributed by atoms with van der Waals surface area (Å²) in [5.41, 5.74) is 13.4. The van der Waals surface area contributed by atoms with E-state index in [-0.39, 0.29) is 17.7 Å². The summed E-state index contributed by atoms with van der Waals surface area (Å²) < 4.78 is 6.77. The highest BCUT2D eigenvalue weighted by Gasteiger charge is 2.12. The largest absolute Gasteiger partial charge is 0.419 e. The number of hydrogen-bond donors (Lipinski definition) is 2. The van der Waals surface area contributed by atoms with Crippen molar-refractivity contribution < 1.29 is 9.21 Å². The molecule has 0 aliphatic rings. The number of benzene rings is 1. The molecular formula is C14H19N3O3. The Balaban J connectivity index is 2.19. The Morgan fingerprint density at radius 2 is 2.20 bits per heavy atom. The third kappa shape index (κ3) is 2.91. The predicted molar refractivity (Wildman–Crippen MR) is 76.1 cm³/mol. The first kappa shape index (κ1) is 14.3. The maximum atomic E-state index is 11.6. The van der Waals surface area contributed by atoms with Crippen LogP contribution in [0.1, 0.15) is 37.8 Å². The maximum Gasteiger partial charge on any atom is 0.419 e. The lowest BCUT2D eigenvalue weighted by atomic mass is 10.0. The number of nitrogens with zero attached hydrogens (tertiary/aromatic N) is 1. The van der Waals surface area contributed by atoms with E-state index in [1.807, 2.05) is 19.1 Å². The van der Waals surface area contributed by atoms with Crippen LogP contribution >= 0.6 is 0 Å². The van der Waals surface area contributed by atoms with Crippen molar-refractivity contribution in [3.8, 4) is 0 Å². The van der Waals surface area contributed by atoms with Gasteiger partial charge in [-0.3, -0.25) is 9.36 Å². The summed E-state index contributed by atoms with van der Waals surface area (Å²) in [4.78, 5) is 22.3. The number of primary amides is 1. The number of carbonyl (C=O) groups excluding carboxylic acids is 1. The van der Waals surface area contributed by atoms with E-state index in [0.717, 1.165) is 11.1 Å². The van der Waals surface area contributed by atoms with Crippen LogP contribution in [-0.2, 0) is 11.3 Å². The molecule has 0 fully saturated rings. The van der Waals surface area contributed by atoms with Crippen LogP contribution in [0.4, 0.5) is 0 Å². The molecule has 0 aliphatic carbocycles. The molecule has 1 amide bonds. The minimum atomic E-state index is -0.359. The fraction of sp³-hybridized carbons (Fsp3) is 0.429. The van der Waals surface area contributed by atoms with Crippen LogP contribution in [0.2, 0.25) is 0 Å². The van der Waals surface area contributed by atoms with Gasteiger partial charge in [0.15, 0.2) is 5.58 Å².